The second kappa shape index (κ2) is 6.42. The molecule has 0 nitrogen and oxygen atoms in total. The molecule has 0 saturated carbocycles. The molecule has 1 rings (SSSR count). The third kappa shape index (κ3) is 3.78. The van der Waals surface area contributed by atoms with Crippen LogP contribution in [0.4, 0.5) is 0 Å². The number of allylic oxidation sites excluding steroid dienone is 1. The SMILES string of the molecule is [CH2]CCCc1cccc(CCC=C)c1. The third-order valence-corrected chi connectivity index (χ3v) is 2.34. The van der Waals surface area contributed by atoms with Crippen LogP contribution in [-0.4, -0.2) is 0 Å². The molecule has 0 heteroatoms. The predicted molar refractivity (Wildman–Crippen MR) is 63.3 cm³/mol. The number of hydrogen-bond donors (Lipinski definition) is 0. The van der Waals surface area contributed by atoms with Crippen molar-refractivity contribution in [2.75, 3.05) is 0 Å². The second-order valence-electron chi connectivity index (χ2n) is 3.60. The van der Waals surface area contributed by atoms with Crippen molar-refractivity contribution in [1.82, 2.24) is 0 Å². The number of unbranched alkanes of at least 4 members (excludes halogenated alkanes) is 1. The van der Waals surface area contributed by atoms with Crippen LogP contribution in [0.5, 0.6) is 0 Å². The highest BCUT2D eigenvalue weighted by molar-refractivity contribution is 5.23. The van der Waals surface area contributed by atoms with E-state index in [9.17, 15) is 0 Å². The monoisotopic (exact) mass is 187 g/mol. The zero-order valence-corrected chi connectivity index (χ0v) is 8.84. The molecule has 0 bridgehead atoms. The average Bonchev–Trinajstić information content (AvgIpc) is 2.24. The first kappa shape index (κ1) is 11.0. The molecule has 1 radical (unpaired) electrons. The minimum atomic E-state index is 1.02. The molecule has 1 aromatic rings. The molecule has 0 aromatic heterocycles. The normalized spacial score (nSPS) is 10.1. The summed E-state index contributed by atoms with van der Waals surface area (Å²) in [4.78, 5) is 0. The second-order valence-corrected chi connectivity index (χ2v) is 3.60. The summed E-state index contributed by atoms with van der Waals surface area (Å²) in [5, 5.41) is 0. The van der Waals surface area contributed by atoms with Gasteiger partial charge in [0.25, 0.3) is 0 Å². The Balaban J connectivity index is 2.54. The van der Waals surface area contributed by atoms with Crippen molar-refractivity contribution in [2.45, 2.75) is 32.1 Å². The van der Waals surface area contributed by atoms with Crippen LogP contribution in [0.3, 0.4) is 0 Å². The first-order chi connectivity index (χ1) is 6.86. The van der Waals surface area contributed by atoms with E-state index in [1.807, 2.05) is 6.08 Å². The lowest BCUT2D eigenvalue weighted by Gasteiger charge is -2.03. The van der Waals surface area contributed by atoms with Gasteiger partial charge in [-0.2, -0.15) is 0 Å². The van der Waals surface area contributed by atoms with Gasteiger partial charge in [0.15, 0.2) is 0 Å². The average molecular weight is 187 g/mol. The van der Waals surface area contributed by atoms with Gasteiger partial charge in [0.2, 0.25) is 0 Å². The zero-order valence-electron chi connectivity index (χ0n) is 8.84. The third-order valence-electron chi connectivity index (χ3n) is 2.34. The highest BCUT2D eigenvalue weighted by atomic mass is 14.0. The summed E-state index contributed by atoms with van der Waals surface area (Å²) in [6, 6.07) is 8.85. The minimum Gasteiger partial charge on any atom is -0.103 e. The summed E-state index contributed by atoms with van der Waals surface area (Å²) < 4.78 is 0. The lowest BCUT2D eigenvalue weighted by Crippen LogP contribution is -1.88. The Morgan fingerprint density at radius 1 is 1.14 bits per heavy atom. The molecule has 0 fully saturated rings. The fourth-order valence-electron chi connectivity index (χ4n) is 1.54. The maximum absolute atomic E-state index is 3.86. The first-order valence-electron chi connectivity index (χ1n) is 5.34. The molecule has 14 heavy (non-hydrogen) atoms. The minimum absolute atomic E-state index is 1.02. The number of aryl methyl sites for hydroxylation is 2. The van der Waals surface area contributed by atoms with Crippen molar-refractivity contribution in [3.05, 3.63) is 55.0 Å². The highest BCUT2D eigenvalue weighted by Crippen LogP contribution is 2.10. The Labute approximate surface area is 87.7 Å². The molecule has 0 aliphatic heterocycles. The van der Waals surface area contributed by atoms with E-state index in [1.54, 1.807) is 0 Å². The van der Waals surface area contributed by atoms with E-state index in [0.717, 1.165) is 25.7 Å². The molecule has 0 heterocycles. The van der Waals surface area contributed by atoms with E-state index in [0.29, 0.717) is 0 Å². The van der Waals surface area contributed by atoms with Crippen molar-refractivity contribution in [3.8, 4) is 0 Å². The summed E-state index contributed by atoms with van der Waals surface area (Å²) in [7, 11) is 0. The van der Waals surface area contributed by atoms with Crippen LogP contribution >= 0.6 is 0 Å². The van der Waals surface area contributed by atoms with E-state index in [1.165, 1.54) is 17.5 Å². The van der Waals surface area contributed by atoms with Gasteiger partial charge >= 0.3 is 0 Å². The van der Waals surface area contributed by atoms with Gasteiger partial charge in [0, 0.05) is 0 Å². The molecule has 0 unspecified atom stereocenters. The van der Waals surface area contributed by atoms with Crippen LogP contribution in [0.15, 0.2) is 36.9 Å². The van der Waals surface area contributed by atoms with Crippen LogP contribution < -0.4 is 0 Å². The van der Waals surface area contributed by atoms with Gasteiger partial charge in [-0.25, -0.2) is 0 Å². The largest absolute Gasteiger partial charge is 0.103 e. The first-order valence-corrected chi connectivity index (χ1v) is 5.34. The maximum atomic E-state index is 3.86. The molecule has 0 atom stereocenters. The van der Waals surface area contributed by atoms with Crippen molar-refractivity contribution < 1.29 is 0 Å². The standard InChI is InChI=1S/C14H19/c1-3-5-8-13-10-7-11-14(12-13)9-6-4-2/h3,7,10-12H,1-2,4-6,8-9H2. The summed E-state index contributed by atoms with van der Waals surface area (Å²) in [5.74, 6) is 0. The molecule has 0 saturated heterocycles. The van der Waals surface area contributed by atoms with Crippen LogP contribution in [-0.2, 0) is 12.8 Å². The lowest BCUT2D eigenvalue weighted by molar-refractivity contribution is 0.838. The van der Waals surface area contributed by atoms with E-state index in [2.05, 4.69) is 37.8 Å². The Bertz CT molecular complexity index is 273. The van der Waals surface area contributed by atoms with Gasteiger partial charge in [0.05, 0.1) is 0 Å². The van der Waals surface area contributed by atoms with E-state index < -0.39 is 0 Å². The smallest absolute Gasteiger partial charge is 0.0244 e. The van der Waals surface area contributed by atoms with Crippen LogP contribution in [0.25, 0.3) is 0 Å². The van der Waals surface area contributed by atoms with Crippen molar-refractivity contribution in [1.29, 1.82) is 0 Å². The van der Waals surface area contributed by atoms with Crippen molar-refractivity contribution >= 4 is 0 Å². The summed E-state index contributed by atoms with van der Waals surface area (Å²) in [6.45, 7) is 7.60. The number of rotatable bonds is 6. The molecule has 0 N–H and O–H groups in total. The Hall–Kier alpha value is -1.04. The van der Waals surface area contributed by atoms with Gasteiger partial charge in [-0.3, -0.25) is 0 Å². The van der Waals surface area contributed by atoms with E-state index in [-0.39, 0.29) is 0 Å². The summed E-state index contributed by atoms with van der Waals surface area (Å²) >= 11 is 0. The van der Waals surface area contributed by atoms with Crippen molar-refractivity contribution in [3.63, 3.8) is 0 Å². The molecule has 0 spiro atoms. The Kier molecular flexibility index (Phi) is 5.06. The number of benzene rings is 1. The molecule has 75 valence electrons. The molecular weight excluding hydrogens is 168 g/mol. The summed E-state index contributed by atoms with van der Waals surface area (Å²) in [5.41, 5.74) is 2.86. The van der Waals surface area contributed by atoms with E-state index >= 15 is 0 Å². The van der Waals surface area contributed by atoms with Gasteiger partial charge < -0.3 is 0 Å². The van der Waals surface area contributed by atoms with Crippen LogP contribution in [0, 0.1) is 6.92 Å². The fourth-order valence-corrected chi connectivity index (χ4v) is 1.54. The lowest BCUT2D eigenvalue weighted by atomic mass is 10.0. The van der Waals surface area contributed by atoms with Crippen molar-refractivity contribution in [2.24, 2.45) is 0 Å². The summed E-state index contributed by atoms with van der Waals surface area (Å²) in [6.07, 6.45) is 7.52. The van der Waals surface area contributed by atoms with Crippen LogP contribution in [0.1, 0.15) is 30.4 Å². The maximum Gasteiger partial charge on any atom is -0.0244 e. The van der Waals surface area contributed by atoms with E-state index in [4.69, 9.17) is 0 Å². The predicted octanol–water partition coefficient (Wildman–Crippen LogP) is 3.96. The van der Waals surface area contributed by atoms with Gasteiger partial charge in [-0.05, 0) is 36.8 Å². The van der Waals surface area contributed by atoms with Gasteiger partial charge in [-0.15, -0.1) is 6.58 Å². The zero-order chi connectivity index (χ0) is 10.2. The molecular formula is C14H19. The molecule has 0 aliphatic carbocycles. The molecule has 0 amide bonds. The number of hydrogen-bond acceptors (Lipinski definition) is 0. The Morgan fingerprint density at radius 2 is 1.86 bits per heavy atom. The highest BCUT2D eigenvalue weighted by Gasteiger charge is 1.95. The van der Waals surface area contributed by atoms with Gasteiger partial charge in [0.1, 0.15) is 0 Å². The fraction of sp³-hybridized carbons (Fsp3) is 0.357. The topological polar surface area (TPSA) is 0 Å². The van der Waals surface area contributed by atoms with Gasteiger partial charge in [-0.1, -0.05) is 43.7 Å². The Morgan fingerprint density at radius 3 is 2.50 bits per heavy atom. The molecule has 1 aromatic carbocycles. The quantitative estimate of drug-likeness (QED) is 0.591. The van der Waals surface area contributed by atoms with Crippen LogP contribution in [0.2, 0.25) is 0 Å². The molecule has 0 aliphatic rings.